The van der Waals surface area contributed by atoms with Crippen molar-refractivity contribution in [1.29, 1.82) is 5.26 Å². The Morgan fingerprint density at radius 2 is 2.24 bits per heavy atom. The Bertz CT molecular complexity index is 519. The molecule has 1 aromatic carbocycles. The molecule has 0 spiro atoms. The van der Waals surface area contributed by atoms with Crippen LogP contribution in [0.15, 0.2) is 18.2 Å². The molecule has 1 N–H and O–H groups in total. The van der Waals surface area contributed by atoms with Crippen LogP contribution in [0.2, 0.25) is 0 Å². The van der Waals surface area contributed by atoms with E-state index in [-0.39, 0.29) is 5.54 Å². The van der Waals surface area contributed by atoms with E-state index in [1.54, 1.807) is 0 Å². The second kappa shape index (κ2) is 6.93. The third-order valence-corrected chi connectivity index (χ3v) is 3.87. The highest BCUT2D eigenvalue weighted by Gasteiger charge is 2.31. The van der Waals surface area contributed by atoms with Gasteiger partial charge in [0, 0.05) is 13.1 Å². The molecule has 0 aliphatic carbocycles. The van der Waals surface area contributed by atoms with Crippen molar-refractivity contribution in [1.82, 2.24) is 5.32 Å². The van der Waals surface area contributed by atoms with E-state index < -0.39 is 0 Å². The topological polar surface area (TPSA) is 48.3 Å². The largest absolute Gasteiger partial charge is 0.377 e. The molecule has 0 amide bonds. The van der Waals surface area contributed by atoms with Gasteiger partial charge in [-0.1, -0.05) is 13.0 Å². The molecule has 0 radical (unpaired) electrons. The lowest BCUT2D eigenvalue weighted by atomic mass is 9.99. The van der Waals surface area contributed by atoms with Crippen LogP contribution in [0, 0.1) is 11.3 Å². The molecule has 0 saturated carbocycles. The summed E-state index contributed by atoms with van der Waals surface area (Å²) in [5, 5.41) is 12.9. The Morgan fingerprint density at radius 3 is 2.90 bits per heavy atom. The van der Waals surface area contributed by atoms with Gasteiger partial charge in [0.2, 0.25) is 0 Å². The standard InChI is InChI=1S/C17H25N3O/c1-4-7-19-12-14-5-6-16(15(10-14)11-18)20-8-9-21-13-17(20,2)3/h5-6,10,19H,4,7-9,12-13H2,1-3H3. The summed E-state index contributed by atoms with van der Waals surface area (Å²) in [4.78, 5) is 2.29. The molecular formula is C17H25N3O. The molecular weight excluding hydrogens is 262 g/mol. The van der Waals surface area contributed by atoms with Crippen LogP contribution in [0.4, 0.5) is 5.69 Å². The van der Waals surface area contributed by atoms with Gasteiger partial charge >= 0.3 is 0 Å². The van der Waals surface area contributed by atoms with Gasteiger partial charge in [-0.3, -0.25) is 0 Å². The van der Waals surface area contributed by atoms with Crippen LogP contribution in [-0.2, 0) is 11.3 Å². The monoisotopic (exact) mass is 287 g/mol. The van der Waals surface area contributed by atoms with Crippen LogP contribution < -0.4 is 10.2 Å². The van der Waals surface area contributed by atoms with Gasteiger partial charge in [0.15, 0.2) is 0 Å². The van der Waals surface area contributed by atoms with Crippen molar-refractivity contribution >= 4 is 5.69 Å². The van der Waals surface area contributed by atoms with E-state index in [2.05, 4.69) is 49.2 Å². The van der Waals surface area contributed by atoms with E-state index >= 15 is 0 Å². The maximum Gasteiger partial charge on any atom is 0.101 e. The lowest BCUT2D eigenvalue weighted by Crippen LogP contribution is -2.53. The quantitative estimate of drug-likeness (QED) is 0.846. The molecule has 1 fully saturated rings. The van der Waals surface area contributed by atoms with Gasteiger partial charge in [-0.2, -0.15) is 5.26 Å². The van der Waals surface area contributed by atoms with Crippen molar-refractivity contribution in [3.05, 3.63) is 29.3 Å². The fourth-order valence-electron chi connectivity index (χ4n) is 2.73. The number of rotatable bonds is 5. The molecule has 114 valence electrons. The zero-order valence-electron chi connectivity index (χ0n) is 13.3. The van der Waals surface area contributed by atoms with E-state index in [1.807, 2.05) is 6.07 Å². The fraction of sp³-hybridized carbons (Fsp3) is 0.588. The second-order valence-corrected chi connectivity index (χ2v) is 6.16. The van der Waals surface area contributed by atoms with Gasteiger partial charge in [0.1, 0.15) is 6.07 Å². The lowest BCUT2D eigenvalue weighted by Gasteiger charge is -2.44. The maximum absolute atomic E-state index is 9.49. The molecule has 1 aliphatic rings. The minimum Gasteiger partial charge on any atom is -0.377 e. The van der Waals surface area contributed by atoms with E-state index in [9.17, 15) is 5.26 Å². The average molecular weight is 287 g/mol. The van der Waals surface area contributed by atoms with Crippen molar-refractivity contribution < 1.29 is 4.74 Å². The van der Waals surface area contributed by atoms with E-state index in [4.69, 9.17) is 4.74 Å². The number of anilines is 1. The van der Waals surface area contributed by atoms with Crippen LogP contribution in [0.25, 0.3) is 0 Å². The molecule has 1 aliphatic heterocycles. The number of benzene rings is 1. The summed E-state index contributed by atoms with van der Waals surface area (Å²) >= 11 is 0. The van der Waals surface area contributed by atoms with E-state index in [0.717, 1.165) is 42.9 Å². The molecule has 2 rings (SSSR count). The van der Waals surface area contributed by atoms with E-state index in [0.29, 0.717) is 13.2 Å². The Hall–Kier alpha value is -1.57. The molecule has 1 heterocycles. The number of ether oxygens (including phenoxy) is 1. The number of hydrogen-bond donors (Lipinski definition) is 1. The molecule has 4 heteroatoms. The Morgan fingerprint density at radius 1 is 1.43 bits per heavy atom. The summed E-state index contributed by atoms with van der Waals surface area (Å²) < 4.78 is 5.56. The summed E-state index contributed by atoms with van der Waals surface area (Å²) in [6.07, 6.45) is 1.12. The van der Waals surface area contributed by atoms with Crippen LogP contribution in [0.5, 0.6) is 0 Å². The third-order valence-electron chi connectivity index (χ3n) is 3.87. The fourth-order valence-corrected chi connectivity index (χ4v) is 2.73. The second-order valence-electron chi connectivity index (χ2n) is 6.16. The number of nitrogens with zero attached hydrogens (tertiary/aromatic N) is 2. The Balaban J connectivity index is 2.22. The summed E-state index contributed by atoms with van der Waals surface area (Å²) in [5.74, 6) is 0. The number of nitrogens with one attached hydrogen (secondary N) is 1. The van der Waals surface area contributed by atoms with Crippen LogP contribution in [0.1, 0.15) is 38.3 Å². The molecule has 21 heavy (non-hydrogen) atoms. The van der Waals surface area contributed by atoms with Crippen molar-refractivity contribution in [2.45, 2.75) is 39.3 Å². The first-order chi connectivity index (χ1) is 10.1. The first-order valence-corrected chi connectivity index (χ1v) is 7.67. The van der Waals surface area contributed by atoms with Gasteiger partial charge in [-0.15, -0.1) is 0 Å². The molecule has 0 atom stereocenters. The first kappa shape index (κ1) is 15.8. The average Bonchev–Trinajstić information content (AvgIpc) is 2.47. The van der Waals surface area contributed by atoms with Gasteiger partial charge in [0.05, 0.1) is 30.0 Å². The predicted molar refractivity (Wildman–Crippen MR) is 85.4 cm³/mol. The highest BCUT2D eigenvalue weighted by Crippen LogP contribution is 2.30. The van der Waals surface area contributed by atoms with E-state index in [1.165, 1.54) is 0 Å². The molecule has 0 bridgehead atoms. The van der Waals surface area contributed by atoms with Crippen molar-refractivity contribution in [3.63, 3.8) is 0 Å². The molecule has 1 saturated heterocycles. The summed E-state index contributed by atoms with van der Waals surface area (Å²) in [7, 11) is 0. The lowest BCUT2D eigenvalue weighted by molar-refractivity contribution is 0.0644. The summed E-state index contributed by atoms with van der Waals surface area (Å²) in [6.45, 7) is 10.5. The van der Waals surface area contributed by atoms with Gasteiger partial charge in [0.25, 0.3) is 0 Å². The van der Waals surface area contributed by atoms with Crippen LogP contribution in [0.3, 0.4) is 0 Å². The van der Waals surface area contributed by atoms with Crippen LogP contribution in [-0.4, -0.2) is 31.8 Å². The van der Waals surface area contributed by atoms with Gasteiger partial charge < -0.3 is 15.0 Å². The maximum atomic E-state index is 9.49. The minimum atomic E-state index is -0.0776. The highest BCUT2D eigenvalue weighted by atomic mass is 16.5. The first-order valence-electron chi connectivity index (χ1n) is 7.67. The predicted octanol–water partition coefficient (Wildman–Crippen LogP) is 2.67. The molecule has 1 aromatic rings. The highest BCUT2D eigenvalue weighted by molar-refractivity contribution is 5.62. The SMILES string of the molecule is CCCNCc1ccc(N2CCOCC2(C)C)c(C#N)c1. The van der Waals surface area contributed by atoms with Crippen molar-refractivity contribution in [3.8, 4) is 6.07 Å². The third kappa shape index (κ3) is 3.75. The van der Waals surface area contributed by atoms with Gasteiger partial charge in [-0.25, -0.2) is 0 Å². The number of morpholine rings is 1. The molecule has 4 nitrogen and oxygen atoms in total. The summed E-state index contributed by atoms with van der Waals surface area (Å²) in [6, 6.07) is 8.55. The van der Waals surface area contributed by atoms with Crippen molar-refractivity contribution in [2.24, 2.45) is 0 Å². The minimum absolute atomic E-state index is 0.0776. The van der Waals surface area contributed by atoms with Crippen LogP contribution >= 0.6 is 0 Å². The summed E-state index contributed by atoms with van der Waals surface area (Å²) in [5.41, 5.74) is 2.85. The molecule has 0 unspecified atom stereocenters. The number of nitriles is 1. The Kier molecular flexibility index (Phi) is 5.22. The smallest absolute Gasteiger partial charge is 0.101 e. The normalized spacial score (nSPS) is 17.5. The molecule has 0 aromatic heterocycles. The zero-order chi connectivity index (χ0) is 15.3. The zero-order valence-corrected chi connectivity index (χ0v) is 13.3. The van der Waals surface area contributed by atoms with Crippen molar-refractivity contribution in [2.75, 3.05) is 31.2 Å². The number of hydrogen-bond acceptors (Lipinski definition) is 4. The van der Waals surface area contributed by atoms with Gasteiger partial charge in [-0.05, 0) is 44.5 Å². The Labute approximate surface area is 127 Å².